The van der Waals surface area contributed by atoms with Crippen molar-refractivity contribution in [1.29, 1.82) is 0 Å². The highest BCUT2D eigenvalue weighted by molar-refractivity contribution is 6.33. The Labute approximate surface area is 261 Å². The second-order valence-electron chi connectivity index (χ2n) is 11.8. The number of aromatic amines is 1. The molecule has 1 saturated heterocycles. The van der Waals surface area contributed by atoms with Crippen LogP contribution in [-0.4, -0.2) is 64.2 Å². The van der Waals surface area contributed by atoms with Gasteiger partial charge in [0.05, 0.1) is 17.0 Å². The fraction of sp³-hybridized carbons (Fsp3) is 0.419. The molecule has 230 valence electrons. The molecule has 0 spiro atoms. The maximum Gasteiger partial charge on any atom is 0.410 e. The Morgan fingerprint density at radius 2 is 1.93 bits per heavy atom. The van der Waals surface area contributed by atoms with Crippen molar-refractivity contribution in [3.05, 3.63) is 70.1 Å². The number of hydrogen-bond acceptors (Lipinski definition) is 7. The van der Waals surface area contributed by atoms with Crippen LogP contribution in [0.25, 0.3) is 11.1 Å². The summed E-state index contributed by atoms with van der Waals surface area (Å²) in [4.78, 5) is 47.6. The van der Waals surface area contributed by atoms with Crippen molar-refractivity contribution in [3.63, 3.8) is 0 Å². The van der Waals surface area contributed by atoms with E-state index in [1.807, 2.05) is 19.9 Å². The molecule has 1 fully saturated rings. The SMILES string of the molecule is CC(C)Nc1cc(-c2c[nH]c(C(=O)NC(COC(=O)C3CCN(C(=O)OC(C)(C)C)C3)c3cccc(Cl)c3)c2)c(Cl)cn1. The monoisotopic (exact) mass is 629 g/mol. The van der Waals surface area contributed by atoms with E-state index in [0.717, 1.165) is 0 Å². The smallest absolute Gasteiger partial charge is 0.410 e. The zero-order valence-corrected chi connectivity index (χ0v) is 26.4. The van der Waals surface area contributed by atoms with Gasteiger partial charge in [-0.25, -0.2) is 9.78 Å². The number of aromatic nitrogens is 2. The third-order valence-electron chi connectivity index (χ3n) is 6.65. The van der Waals surface area contributed by atoms with Crippen molar-refractivity contribution in [2.75, 3.05) is 25.0 Å². The standard InChI is InChI=1S/C31H37Cl2N5O5/c1-18(2)36-27-13-23(24(33)15-35-27)21-12-25(34-14-21)28(39)37-26(19-7-6-8-22(32)11-19)17-42-29(40)20-9-10-38(16-20)30(41)43-31(3,4)5/h6-8,11-15,18,20,26,34H,9-10,16-17H2,1-5H3,(H,35,36)(H,37,39). The first kappa shape index (κ1) is 32.2. The lowest BCUT2D eigenvalue weighted by atomic mass is 10.1. The van der Waals surface area contributed by atoms with E-state index in [9.17, 15) is 14.4 Å². The molecule has 3 heterocycles. The molecule has 1 aliphatic rings. The maximum atomic E-state index is 13.4. The van der Waals surface area contributed by atoms with Crippen LogP contribution >= 0.6 is 23.2 Å². The predicted octanol–water partition coefficient (Wildman–Crippen LogP) is 6.48. The van der Waals surface area contributed by atoms with Gasteiger partial charge in [0.1, 0.15) is 23.7 Å². The topological polar surface area (TPSA) is 126 Å². The highest BCUT2D eigenvalue weighted by Gasteiger charge is 2.35. The van der Waals surface area contributed by atoms with Crippen molar-refractivity contribution in [2.45, 2.75) is 58.7 Å². The number of hydrogen-bond donors (Lipinski definition) is 3. The molecular formula is C31H37Cl2N5O5. The fourth-order valence-corrected chi connectivity index (χ4v) is 5.04. The summed E-state index contributed by atoms with van der Waals surface area (Å²) in [5.41, 5.74) is 1.77. The summed E-state index contributed by atoms with van der Waals surface area (Å²) in [5, 5.41) is 7.11. The highest BCUT2D eigenvalue weighted by Crippen LogP contribution is 2.30. The van der Waals surface area contributed by atoms with E-state index >= 15 is 0 Å². The average molecular weight is 631 g/mol. The summed E-state index contributed by atoms with van der Waals surface area (Å²) in [7, 11) is 0. The van der Waals surface area contributed by atoms with Crippen molar-refractivity contribution < 1.29 is 23.9 Å². The number of carbonyl (C=O) groups excluding carboxylic acids is 3. The Bertz CT molecular complexity index is 1470. The van der Waals surface area contributed by atoms with Crippen LogP contribution in [0, 0.1) is 5.92 Å². The van der Waals surface area contributed by atoms with E-state index < -0.39 is 35.5 Å². The van der Waals surface area contributed by atoms with Crippen LogP contribution in [-0.2, 0) is 14.3 Å². The van der Waals surface area contributed by atoms with Crippen LogP contribution in [0.5, 0.6) is 0 Å². The van der Waals surface area contributed by atoms with Gasteiger partial charge in [0.25, 0.3) is 5.91 Å². The van der Waals surface area contributed by atoms with Gasteiger partial charge in [0.2, 0.25) is 0 Å². The normalized spacial score (nSPS) is 15.7. The number of H-pyrrole nitrogens is 1. The van der Waals surface area contributed by atoms with Gasteiger partial charge in [-0.15, -0.1) is 0 Å². The van der Waals surface area contributed by atoms with Crippen LogP contribution in [0.1, 0.15) is 63.1 Å². The number of nitrogens with zero attached hydrogens (tertiary/aromatic N) is 2. The van der Waals surface area contributed by atoms with Crippen LogP contribution in [0.4, 0.5) is 10.6 Å². The van der Waals surface area contributed by atoms with Crippen LogP contribution < -0.4 is 10.6 Å². The summed E-state index contributed by atoms with van der Waals surface area (Å²) in [6, 6.07) is 10.0. The Kier molecular flexibility index (Phi) is 10.2. The van der Waals surface area contributed by atoms with E-state index in [4.69, 9.17) is 32.7 Å². The minimum Gasteiger partial charge on any atom is -0.463 e. The lowest BCUT2D eigenvalue weighted by molar-refractivity contribution is -0.148. The number of amides is 2. The number of halogens is 2. The first-order valence-corrected chi connectivity index (χ1v) is 14.9. The molecule has 10 nitrogen and oxygen atoms in total. The summed E-state index contributed by atoms with van der Waals surface area (Å²) in [5.74, 6) is -0.683. The predicted molar refractivity (Wildman–Crippen MR) is 166 cm³/mol. The second kappa shape index (κ2) is 13.7. The molecule has 0 bridgehead atoms. The lowest BCUT2D eigenvalue weighted by Crippen LogP contribution is -2.36. The van der Waals surface area contributed by atoms with E-state index in [2.05, 4.69) is 20.6 Å². The zero-order chi connectivity index (χ0) is 31.3. The molecule has 2 unspecified atom stereocenters. The number of pyridine rings is 1. The van der Waals surface area contributed by atoms with Gasteiger partial charge in [-0.1, -0.05) is 35.3 Å². The first-order valence-electron chi connectivity index (χ1n) is 14.1. The Morgan fingerprint density at radius 3 is 2.63 bits per heavy atom. The number of rotatable bonds is 9. The molecule has 43 heavy (non-hydrogen) atoms. The summed E-state index contributed by atoms with van der Waals surface area (Å²) < 4.78 is 11.1. The number of nitrogens with one attached hydrogen (secondary N) is 3. The number of esters is 1. The van der Waals surface area contributed by atoms with Crippen LogP contribution in [0.3, 0.4) is 0 Å². The fourth-order valence-electron chi connectivity index (χ4n) is 4.62. The Hall–Kier alpha value is -3.76. The molecule has 2 amide bonds. The summed E-state index contributed by atoms with van der Waals surface area (Å²) >= 11 is 12.7. The van der Waals surface area contributed by atoms with E-state index in [1.165, 1.54) is 4.90 Å². The van der Waals surface area contributed by atoms with Gasteiger partial charge >= 0.3 is 12.1 Å². The van der Waals surface area contributed by atoms with Gasteiger partial charge < -0.3 is 30.0 Å². The average Bonchev–Trinajstić information content (AvgIpc) is 3.61. The lowest BCUT2D eigenvalue weighted by Gasteiger charge is -2.24. The molecule has 0 radical (unpaired) electrons. The minimum absolute atomic E-state index is 0.123. The summed E-state index contributed by atoms with van der Waals surface area (Å²) in [6.07, 6.45) is 3.26. The molecule has 12 heteroatoms. The molecule has 2 aromatic heterocycles. The first-order chi connectivity index (χ1) is 20.3. The molecule has 0 saturated carbocycles. The number of ether oxygens (including phenoxy) is 2. The number of likely N-dealkylation sites (tertiary alicyclic amines) is 1. The van der Waals surface area contributed by atoms with Gasteiger partial charge in [0, 0.05) is 47.7 Å². The largest absolute Gasteiger partial charge is 0.463 e. The van der Waals surface area contributed by atoms with Crippen molar-refractivity contribution in [1.82, 2.24) is 20.2 Å². The summed E-state index contributed by atoms with van der Waals surface area (Å²) in [6.45, 7) is 9.88. The van der Waals surface area contributed by atoms with Gasteiger partial charge in [0.15, 0.2) is 0 Å². The minimum atomic E-state index is -0.684. The van der Waals surface area contributed by atoms with E-state index in [0.29, 0.717) is 51.2 Å². The van der Waals surface area contributed by atoms with Gasteiger partial charge in [-0.2, -0.15) is 0 Å². The molecular weight excluding hydrogens is 593 g/mol. The molecule has 0 aliphatic carbocycles. The van der Waals surface area contributed by atoms with Crippen molar-refractivity contribution in [2.24, 2.45) is 5.92 Å². The maximum absolute atomic E-state index is 13.4. The van der Waals surface area contributed by atoms with Crippen LogP contribution in [0.2, 0.25) is 10.0 Å². The number of benzene rings is 1. The zero-order valence-electron chi connectivity index (χ0n) is 24.9. The number of anilines is 1. The Morgan fingerprint density at radius 1 is 1.16 bits per heavy atom. The van der Waals surface area contributed by atoms with E-state index in [1.54, 1.807) is 63.5 Å². The van der Waals surface area contributed by atoms with Gasteiger partial charge in [-0.05, 0) is 70.9 Å². The van der Waals surface area contributed by atoms with Crippen LogP contribution in [0.15, 0.2) is 48.8 Å². The van der Waals surface area contributed by atoms with Gasteiger partial charge in [-0.3, -0.25) is 9.59 Å². The van der Waals surface area contributed by atoms with Crippen molar-refractivity contribution in [3.8, 4) is 11.1 Å². The highest BCUT2D eigenvalue weighted by atomic mass is 35.5. The third kappa shape index (κ3) is 8.87. The molecule has 2 atom stereocenters. The number of carbonyl (C=O) groups is 3. The Balaban J connectivity index is 1.44. The molecule has 1 aromatic carbocycles. The molecule has 3 N–H and O–H groups in total. The second-order valence-corrected chi connectivity index (χ2v) is 12.6. The quantitative estimate of drug-likeness (QED) is 0.231. The molecule has 1 aliphatic heterocycles. The van der Waals surface area contributed by atoms with Crippen molar-refractivity contribution >= 4 is 47.0 Å². The molecule has 3 aromatic rings. The molecule has 4 rings (SSSR count). The van der Waals surface area contributed by atoms with E-state index in [-0.39, 0.29) is 19.2 Å². The third-order valence-corrected chi connectivity index (χ3v) is 7.19.